The third-order valence-corrected chi connectivity index (χ3v) is 6.02. The zero-order valence-corrected chi connectivity index (χ0v) is 18.6. The second kappa shape index (κ2) is 8.75. The minimum absolute atomic E-state index is 0.0563. The van der Waals surface area contributed by atoms with Crippen LogP contribution in [0.2, 0.25) is 0 Å². The zero-order valence-electron chi connectivity index (χ0n) is 18.6. The Morgan fingerprint density at radius 3 is 2.60 bits per heavy atom. The second-order valence-corrected chi connectivity index (χ2v) is 8.22. The number of carbonyl (C=O) groups is 2. The molecule has 0 unspecified atom stereocenters. The van der Waals surface area contributed by atoms with Crippen LogP contribution >= 0.6 is 0 Å². The van der Waals surface area contributed by atoms with Crippen LogP contribution in [0.5, 0.6) is 11.5 Å². The molecule has 2 aliphatic rings. The lowest BCUT2D eigenvalue weighted by molar-refractivity contribution is -0.130. The molecule has 9 nitrogen and oxygen atoms in total. The van der Waals surface area contributed by atoms with Gasteiger partial charge in [0.15, 0.2) is 23.1 Å². The molecule has 2 amide bonds. The van der Waals surface area contributed by atoms with Crippen LogP contribution in [0.3, 0.4) is 0 Å². The van der Waals surface area contributed by atoms with E-state index in [1.54, 1.807) is 29.2 Å². The smallest absolute Gasteiger partial charge is 0.269 e. The molecule has 0 saturated carbocycles. The highest BCUT2D eigenvalue weighted by Gasteiger charge is 2.39. The quantitative estimate of drug-likeness (QED) is 0.526. The minimum Gasteiger partial charge on any atom is -0.454 e. The van der Waals surface area contributed by atoms with Gasteiger partial charge in [-0.15, -0.1) is 5.10 Å². The molecule has 1 fully saturated rings. The minimum atomic E-state index is -0.693. The van der Waals surface area contributed by atoms with Gasteiger partial charge >= 0.3 is 0 Å². The molecule has 2 aromatic carbocycles. The molecule has 0 atom stereocenters. The summed E-state index contributed by atoms with van der Waals surface area (Å²) in [4.78, 5) is 28.0. The topological polar surface area (TPSA) is 106 Å². The molecule has 3 N–H and O–H groups in total. The van der Waals surface area contributed by atoms with E-state index >= 15 is 0 Å². The first-order valence-corrected chi connectivity index (χ1v) is 10.9. The summed E-state index contributed by atoms with van der Waals surface area (Å²) < 4.78 is 34.2. The van der Waals surface area contributed by atoms with Crippen LogP contribution in [0.4, 0.5) is 20.3 Å². The van der Waals surface area contributed by atoms with Crippen molar-refractivity contribution < 1.29 is 23.1 Å². The molecule has 0 spiro atoms. The van der Waals surface area contributed by atoms with Gasteiger partial charge in [-0.2, -0.15) is 0 Å². The number of likely N-dealkylation sites (tertiary alicyclic amines) is 1. The van der Waals surface area contributed by atoms with E-state index in [-0.39, 0.29) is 29.1 Å². The predicted octanol–water partition coefficient (Wildman–Crippen LogP) is 2.67. The fourth-order valence-corrected chi connectivity index (χ4v) is 4.25. The van der Waals surface area contributed by atoms with E-state index in [9.17, 15) is 18.4 Å². The highest BCUT2D eigenvalue weighted by molar-refractivity contribution is 6.00. The number of hydrogen-bond acceptors (Lipinski definition) is 6. The Morgan fingerprint density at radius 1 is 1.17 bits per heavy atom. The van der Waals surface area contributed by atoms with Gasteiger partial charge in [0.1, 0.15) is 17.3 Å². The van der Waals surface area contributed by atoms with Crippen molar-refractivity contribution in [1.29, 1.82) is 0 Å². The van der Waals surface area contributed by atoms with Crippen molar-refractivity contribution in [3.8, 4) is 17.2 Å². The van der Waals surface area contributed by atoms with Crippen LogP contribution in [0.25, 0.3) is 5.69 Å². The van der Waals surface area contributed by atoms with E-state index in [0.29, 0.717) is 43.4 Å². The maximum atomic E-state index is 13.9. The third-order valence-electron chi connectivity index (χ3n) is 6.02. The number of anilines is 2. The molecule has 0 aliphatic carbocycles. The third kappa shape index (κ3) is 4.05. The van der Waals surface area contributed by atoms with Crippen molar-refractivity contribution in [2.45, 2.75) is 6.04 Å². The van der Waals surface area contributed by atoms with Crippen molar-refractivity contribution in [2.75, 3.05) is 36.4 Å². The molecular weight excluding hydrogens is 458 g/mol. The number of fused-ring (bicyclic) bond motifs is 1. The summed E-state index contributed by atoms with van der Waals surface area (Å²) in [5.41, 5.74) is 6.95. The van der Waals surface area contributed by atoms with E-state index in [0.717, 1.165) is 18.2 Å². The first kappa shape index (κ1) is 22.4. The van der Waals surface area contributed by atoms with Crippen LogP contribution in [-0.2, 0) is 4.79 Å². The number of nitrogens with zero attached hydrogens (tertiary/aromatic N) is 4. The lowest BCUT2D eigenvalue weighted by atomic mass is 10.1. The predicted molar refractivity (Wildman–Crippen MR) is 125 cm³/mol. The summed E-state index contributed by atoms with van der Waals surface area (Å²) in [5.74, 6) is -1.49. The number of hydrogen-bond donors (Lipinski definition) is 2. The summed E-state index contributed by atoms with van der Waals surface area (Å²) in [6.45, 7) is 5.81. The van der Waals surface area contributed by atoms with Crippen LogP contribution in [0, 0.1) is 11.6 Å². The molecule has 0 bridgehead atoms. The Kier molecular flexibility index (Phi) is 5.59. The van der Waals surface area contributed by atoms with Crippen molar-refractivity contribution in [1.82, 2.24) is 14.7 Å². The molecule has 5 rings (SSSR count). The summed E-state index contributed by atoms with van der Waals surface area (Å²) in [5, 5.41) is 7.87. The van der Waals surface area contributed by atoms with E-state index < -0.39 is 17.5 Å². The number of primary amides is 1. The van der Waals surface area contributed by atoms with Crippen molar-refractivity contribution in [2.24, 2.45) is 5.73 Å². The van der Waals surface area contributed by atoms with Crippen molar-refractivity contribution in [3.63, 3.8) is 0 Å². The van der Waals surface area contributed by atoms with Gasteiger partial charge in [0.2, 0.25) is 5.91 Å². The standard InChI is InChI=1S/C24H22F2N6O3/c1-2-20(33)30-12-16(13-30)31-10-9-28-21-22(23(27)34)32(29-24(21)31)15-4-6-17(7-5-15)35-19-11-14(25)3-8-18(19)26/h2-8,11,16,28H,1,9-10,12-13H2,(H2,27,34). The Bertz CT molecular complexity index is 1320. The van der Waals surface area contributed by atoms with E-state index in [2.05, 4.69) is 21.9 Å². The van der Waals surface area contributed by atoms with Gasteiger partial charge in [-0.05, 0) is 42.5 Å². The van der Waals surface area contributed by atoms with Gasteiger partial charge < -0.3 is 25.6 Å². The normalized spacial score (nSPS) is 15.1. The number of benzene rings is 2. The van der Waals surface area contributed by atoms with Crippen molar-refractivity contribution >= 4 is 23.3 Å². The molecule has 1 aromatic heterocycles. The van der Waals surface area contributed by atoms with Gasteiger partial charge in [-0.25, -0.2) is 13.5 Å². The Balaban J connectivity index is 1.43. The van der Waals surface area contributed by atoms with Crippen LogP contribution in [-0.4, -0.2) is 58.7 Å². The highest BCUT2D eigenvalue weighted by atomic mass is 19.1. The maximum Gasteiger partial charge on any atom is 0.269 e. The molecule has 1 saturated heterocycles. The molecule has 2 aliphatic heterocycles. The molecule has 3 aromatic rings. The monoisotopic (exact) mass is 480 g/mol. The van der Waals surface area contributed by atoms with Crippen molar-refractivity contribution in [3.05, 3.63) is 72.4 Å². The fourth-order valence-electron chi connectivity index (χ4n) is 4.25. The van der Waals surface area contributed by atoms with E-state index in [1.165, 1.54) is 10.8 Å². The van der Waals surface area contributed by atoms with E-state index in [4.69, 9.17) is 10.5 Å². The number of halogens is 2. The molecule has 0 radical (unpaired) electrons. The average Bonchev–Trinajstić information content (AvgIpc) is 3.21. The number of aromatic nitrogens is 2. The summed E-state index contributed by atoms with van der Waals surface area (Å²) in [6, 6.07) is 9.39. The maximum absolute atomic E-state index is 13.9. The number of ether oxygens (including phenoxy) is 1. The number of amides is 2. The van der Waals surface area contributed by atoms with Gasteiger partial charge in [0.25, 0.3) is 5.91 Å². The second-order valence-electron chi connectivity index (χ2n) is 8.22. The molecule has 180 valence electrons. The molecular formula is C24H22F2N6O3. The lowest BCUT2D eigenvalue weighted by Gasteiger charge is -2.46. The average molecular weight is 480 g/mol. The summed E-state index contributed by atoms with van der Waals surface area (Å²) in [6.07, 6.45) is 1.29. The Morgan fingerprint density at radius 2 is 1.91 bits per heavy atom. The van der Waals surface area contributed by atoms with Gasteiger partial charge in [0, 0.05) is 32.2 Å². The zero-order chi connectivity index (χ0) is 24.7. The number of rotatable bonds is 6. The molecule has 3 heterocycles. The SMILES string of the molecule is C=CC(=O)N1CC(N2CCNc3c2nn(-c2ccc(Oc4cc(F)ccc4F)cc2)c3C(N)=O)C1. The van der Waals surface area contributed by atoms with Gasteiger partial charge in [0.05, 0.1) is 11.7 Å². The highest BCUT2D eigenvalue weighted by Crippen LogP contribution is 2.36. The number of nitrogens with one attached hydrogen (secondary N) is 1. The van der Waals surface area contributed by atoms with Crippen LogP contribution < -0.4 is 20.7 Å². The van der Waals surface area contributed by atoms with Gasteiger partial charge in [-0.3, -0.25) is 9.59 Å². The van der Waals surface area contributed by atoms with Crippen LogP contribution in [0.1, 0.15) is 10.5 Å². The molecule has 35 heavy (non-hydrogen) atoms. The summed E-state index contributed by atoms with van der Waals surface area (Å²) in [7, 11) is 0. The van der Waals surface area contributed by atoms with Crippen LogP contribution in [0.15, 0.2) is 55.1 Å². The first-order chi connectivity index (χ1) is 16.9. The Hall–Kier alpha value is -4.41. The molecule has 11 heteroatoms. The Labute approximate surface area is 199 Å². The fraction of sp³-hybridized carbons (Fsp3) is 0.208. The number of nitrogens with two attached hydrogens (primary N) is 1. The number of carbonyl (C=O) groups excluding carboxylic acids is 2. The van der Waals surface area contributed by atoms with E-state index in [1.807, 2.05) is 0 Å². The van der Waals surface area contributed by atoms with Gasteiger partial charge in [-0.1, -0.05) is 6.58 Å². The first-order valence-electron chi connectivity index (χ1n) is 10.9. The lowest BCUT2D eigenvalue weighted by Crippen LogP contribution is -2.62. The largest absolute Gasteiger partial charge is 0.454 e. The summed E-state index contributed by atoms with van der Waals surface area (Å²) >= 11 is 0.